The van der Waals surface area contributed by atoms with Gasteiger partial charge in [-0.2, -0.15) is 0 Å². The Morgan fingerprint density at radius 2 is 1.74 bits per heavy atom. The van der Waals surface area contributed by atoms with Gasteiger partial charge < -0.3 is 10.5 Å². The zero-order valence-electron chi connectivity index (χ0n) is 11.2. The topological polar surface area (TPSA) is 35.2 Å². The Labute approximate surface area is 113 Å². The van der Waals surface area contributed by atoms with Gasteiger partial charge in [-0.15, -0.1) is 0 Å². The monoisotopic (exact) mass is 259 g/mol. The van der Waals surface area contributed by atoms with Crippen molar-refractivity contribution >= 4 is 0 Å². The van der Waals surface area contributed by atoms with Gasteiger partial charge in [0.1, 0.15) is 18.2 Å². The lowest BCUT2D eigenvalue weighted by Gasteiger charge is -2.14. The molecule has 2 aromatic carbocycles. The molecule has 1 unspecified atom stereocenters. The van der Waals surface area contributed by atoms with Crippen LogP contribution in [0.5, 0.6) is 5.75 Å². The van der Waals surface area contributed by atoms with Crippen LogP contribution in [0.25, 0.3) is 0 Å². The second-order valence-electron chi connectivity index (χ2n) is 4.72. The van der Waals surface area contributed by atoms with Crippen LogP contribution < -0.4 is 10.5 Å². The molecule has 0 spiro atoms. The summed E-state index contributed by atoms with van der Waals surface area (Å²) in [5.41, 5.74) is 9.30. The summed E-state index contributed by atoms with van der Waals surface area (Å²) >= 11 is 0. The highest BCUT2D eigenvalue weighted by molar-refractivity contribution is 5.34. The van der Waals surface area contributed by atoms with Gasteiger partial charge in [0.2, 0.25) is 0 Å². The van der Waals surface area contributed by atoms with Gasteiger partial charge >= 0.3 is 0 Å². The number of hydrogen-bond donors (Lipinski definition) is 1. The van der Waals surface area contributed by atoms with E-state index in [-0.39, 0.29) is 11.9 Å². The fourth-order valence-corrected chi connectivity index (χ4v) is 1.80. The Morgan fingerprint density at radius 3 is 2.37 bits per heavy atom. The fourth-order valence-electron chi connectivity index (χ4n) is 1.80. The van der Waals surface area contributed by atoms with E-state index in [1.807, 2.05) is 25.1 Å². The van der Waals surface area contributed by atoms with E-state index in [9.17, 15) is 4.39 Å². The highest BCUT2D eigenvalue weighted by Crippen LogP contribution is 2.18. The average Bonchev–Trinajstić information content (AvgIpc) is 2.40. The fraction of sp³-hybridized carbons (Fsp3) is 0.250. The lowest BCUT2D eigenvalue weighted by Crippen LogP contribution is -2.19. The SMILES string of the molecule is Cc1ccc(OCC(N)c2ccc(F)cc2)cc1C. The number of halogens is 1. The minimum atomic E-state index is -0.262. The standard InChI is InChI=1S/C16H18FNO/c1-11-3-8-15(9-12(11)2)19-10-16(18)13-4-6-14(17)7-5-13/h3-9,16H,10,18H2,1-2H3. The van der Waals surface area contributed by atoms with E-state index in [4.69, 9.17) is 10.5 Å². The maximum absolute atomic E-state index is 12.8. The van der Waals surface area contributed by atoms with Crippen LogP contribution in [0.3, 0.4) is 0 Å². The van der Waals surface area contributed by atoms with Gasteiger partial charge in [0.05, 0.1) is 6.04 Å². The van der Waals surface area contributed by atoms with Crippen molar-refractivity contribution < 1.29 is 9.13 Å². The molecule has 100 valence electrons. The lowest BCUT2D eigenvalue weighted by molar-refractivity contribution is 0.290. The molecule has 2 N–H and O–H groups in total. The van der Waals surface area contributed by atoms with Crippen LogP contribution in [-0.4, -0.2) is 6.61 Å². The Morgan fingerprint density at radius 1 is 1.05 bits per heavy atom. The molecule has 0 aliphatic carbocycles. The number of rotatable bonds is 4. The van der Waals surface area contributed by atoms with Crippen molar-refractivity contribution in [2.75, 3.05) is 6.61 Å². The third kappa shape index (κ3) is 3.55. The molecule has 1 atom stereocenters. The summed E-state index contributed by atoms with van der Waals surface area (Å²) in [4.78, 5) is 0. The molecule has 0 aromatic heterocycles. The molecular formula is C16H18FNO. The first kappa shape index (κ1) is 13.6. The zero-order chi connectivity index (χ0) is 13.8. The van der Waals surface area contributed by atoms with E-state index in [1.165, 1.54) is 23.3 Å². The maximum atomic E-state index is 12.8. The molecule has 0 aliphatic rings. The van der Waals surface area contributed by atoms with Gasteiger partial charge in [0, 0.05) is 0 Å². The first-order valence-corrected chi connectivity index (χ1v) is 6.27. The van der Waals surface area contributed by atoms with Crippen molar-refractivity contribution in [1.29, 1.82) is 0 Å². The van der Waals surface area contributed by atoms with Crippen LogP contribution in [0.2, 0.25) is 0 Å². The van der Waals surface area contributed by atoms with Crippen molar-refractivity contribution in [1.82, 2.24) is 0 Å². The van der Waals surface area contributed by atoms with E-state index in [0.717, 1.165) is 11.3 Å². The van der Waals surface area contributed by atoms with Crippen LogP contribution in [0.4, 0.5) is 4.39 Å². The largest absolute Gasteiger partial charge is 0.492 e. The summed E-state index contributed by atoms with van der Waals surface area (Å²) in [6.45, 7) is 4.47. The molecule has 0 radical (unpaired) electrons. The van der Waals surface area contributed by atoms with Crippen molar-refractivity contribution in [3.8, 4) is 5.75 Å². The highest BCUT2D eigenvalue weighted by atomic mass is 19.1. The van der Waals surface area contributed by atoms with Crippen molar-refractivity contribution in [3.05, 3.63) is 65.0 Å². The average molecular weight is 259 g/mol. The number of ether oxygens (including phenoxy) is 1. The second kappa shape index (κ2) is 5.85. The minimum Gasteiger partial charge on any atom is -0.492 e. The number of aryl methyl sites for hydroxylation is 2. The van der Waals surface area contributed by atoms with Crippen LogP contribution >= 0.6 is 0 Å². The molecule has 2 nitrogen and oxygen atoms in total. The molecular weight excluding hydrogens is 241 g/mol. The Hall–Kier alpha value is -1.87. The molecule has 2 rings (SSSR count). The van der Waals surface area contributed by atoms with Gasteiger partial charge in [0.25, 0.3) is 0 Å². The van der Waals surface area contributed by atoms with Crippen molar-refractivity contribution in [2.24, 2.45) is 5.73 Å². The molecule has 3 heteroatoms. The smallest absolute Gasteiger partial charge is 0.123 e. The predicted octanol–water partition coefficient (Wildman–Crippen LogP) is 3.52. The Kier molecular flexibility index (Phi) is 4.17. The van der Waals surface area contributed by atoms with Crippen molar-refractivity contribution in [2.45, 2.75) is 19.9 Å². The molecule has 0 saturated carbocycles. The van der Waals surface area contributed by atoms with Gasteiger partial charge in [-0.1, -0.05) is 18.2 Å². The van der Waals surface area contributed by atoms with Crippen LogP contribution in [0, 0.1) is 19.7 Å². The zero-order valence-corrected chi connectivity index (χ0v) is 11.2. The third-order valence-electron chi connectivity index (χ3n) is 3.21. The van der Waals surface area contributed by atoms with Crippen LogP contribution in [0.1, 0.15) is 22.7 Å². The number of nitrogens with two attached hydrogens (primary N) is 1. The van der Waals surface area contributed by atoms with Crippen molar-refractivity contribution in [3.63, 3.8) is 0 Å². The maximum Gasteiger partial charge on any atom is 0.123 e. The number of hydrogen-bond acceptors (Lipinski definition) is 2. The van der Waals surface area contributed by atoms with Gasteiger partial charge in [0.15, 0.2) is 0 Å². The highest BCUT2D eigenvalue weighted by Gasteiger charge is 2.07. The first-order chi connectivity index (χ1) is 9.06. The molecule has 0 saturated heterocycles. The first-order valence-electron chi connectivity index (χ1n) is 6.27. The Balaban J connectivity index is 1.98. The normalized spacial score (nSPS) is 12.2. The predicted molar refractivity (Wildman–Crippen MR) is 74.7 cm³/mol. The molecule has 0 aliphatic heterocycles. The summed E-state index contributed by atoms with van der Waals surface area (Å²) in [5.74, 6) is 0.548. The van der Waals surface area contributed by atoms with Gasteiger partial charge in [-0.25, -0.2) is 4.39 Å². The lowest BCUT2D eigenvalue weighted by atomic mass is 10.1. The quantitative estimate of drug-likeness (QED) is 0.911. The molecule has 0 bridgehead atoms. The second-order valence-corrected chi connectivity index (χ2v) is 4.72. The van der Waals surface area contributed by atoms with Crippen LogP contribution in [0.15, 0.2) is 42.5 Å². The summed E-state index contributed by atoms with van der Waals surface area (Å²) in [5, 5.41) is 0. The molecule has 0 amide bonds. The van der Waals surface area contributed by atoms with E-state index in [0.29, 0.717) is 6.61 Å². The van der Waals surface area contributed by atoms with Gasteiger partial charge in [-0.05, 0) is 54.8 Å². The summed E-state index contributed by atoms with van der Waals surface area (Å²) in [6.07, 6.45) is 0. The van der Waals surface area contributed by atoms with Gasteiger partial charge in [-0.3, -0.25) is 0 Å². The third-order valence-corrected chi connectivity index (χ3v) is 3.21. The molecule has 0 fully saturated rings. The van der Waals surface area contributed by atoms with E-state index in [1.54, 1.807) is 12.1 Å². The summed E-state index contributed by atoms with van der Waals surface area (Å²) in [6, 6.07) is 11.9. The molecule has 19 heavy (non-hydrogen) atoms. The van der Waals surface area contributed by atoms with E-state index < -0.39 is 0 Å². The van der Waals surface area contributed by atoms with E-state index >= 15 is 0 Å². The molecule has 2 aromatic rings. The molecule has 0 heterocycles. The van der Waals surface area contributed by atoms with E-state index in [2.05, 4.69) is 6.92 Å². The number of benzene rings is 2. The summed E-state index contributed by atoms with van der Waals surface area (Å²) < 4.78 is 18.5. The summed E-state index contributed by atoms with van der Waals surface area (Å²) in [7, 11) is 0. The van der Waals surface area contributed by atoms with Crippen LogP contribution in [-0.2, 0) is 0 Å². The minimum absolute atomic E-state index is 0.258. The Bertz CT molecular complexity index is 551.